The Labute approximate surface area is 228 Å². The second-order valence-electron chi connectivity index (χ2n) is 9.47. The van der Waals surface area contributed by atoms with Crippen molar-refractivity contribution in [1.82, 2.24) is 15.3 Å². The van der Waals surface area contributed by atoms with Crippen LogP contribution in [0.4, 0.5) is 13.2 Å². The summed E-state index contributed by atoms with van der Waals surface area (Å²) in [5, 5.41) is 3.42. The minimum atomic E-state index is -3.41. The Morgan fingerprint density at radius 3 is 2.38 bits per heavy atom. The summed E-state index contributed by atoms with van der Waals surface area (Å²) in [6.07, 6.45) is 4.24. The first kappa shape index (κ1) is 27.1. The number of hydrogen-bond acceptors (Lipinski definition) is 4. The Balaban J connectivity index is 1.47. The number of fused-ring (bicyclic) bond motifs is 1. The van der Waals surface area contributed by atoms with Crippen LogP contribution in [0.25, 0.3) is 22.0 Å². The number of sulfone groups is 1. The molecule has 5 rings (SSSR count). The van der Waals surface area contributed by atoms with Gasteiger partial charge in [-0.15, -0.1) is 0 Å². The van der Waals surface area contributed by atoms with Crippen molar-refractivity contribution in [3.05, 3.63) is 119 Å². The number of nitrogens with zero attached hydrogens (tertiary/aromatic N) is 1. The molecule has 2 heterocycles. The van der Waals surface area contributed by atoms with Crippen LogP contribution < -0.4 is 5.32 Å². The minimum absolute atomic E-state index is 0.0378. The number of amides is 1. The Morgan fingerprint density at radius 1 is 0.950 bits per heavy atom. The van der Waals surface area contributed by atoms with Crippen molar-refractivity contribution < 1.29 is 26.4 Å². The molecule has 1 amide bonds. The molecule has 0 spiro atoms. The van der Waals surface area contributed by atoms with E-state index in [1.807, 2.05) is 0 Å². The monoisotopic (exact) mass is 563 g/mol. The van der Waals surface area contributed by atoms with Gasteiger partial charge in [-0.3, -0.25) is 9.78 Å². The number of aromatic amines is 1. The summed E-state index contributed by atoms with van der Waals surface area (Å²) < 4.78 is 66.1. The van der Waals surface area contributed by atoms with E-state index in [4.69, 9.17) is 0 Å². The van der Waals surface area contributed by atoms with Crippen LogP contribution >= 0.6 is 0 Å². The number of nitrogens with one attached hydrogen (secondary N) is 2. The quantitative estimate of drug-likeness (QED) is 0.259. The molecular formula is C30H24F3N3O3S. The standard InChI is InChI=1S/C30H24F3N3O3S/c1-40(38,39)24-7-4-18(5-8-24)25-3-2-10-34-30(25)27(19-11-22(32)14-23(33)12-19)17-36-29(37)13-20-16-35-28-9-6-21(31)15-26(20)28/h2-12,14-16,27,35H,13,17H2,1H3,(H,36,37). The highest BCUT2D eigenvalue weighted by Crippen LogP contribution is 2.33. The van der Waals surface area contributed by atoms with E-state index in [0.717, 1.165) is 12.3 Å². The molecule has 0 fully saturated rings. The lowest BCUT2D eigenvalue weighted by molar-refractivity contribution is -0.120. The molecule has 10 heteroatoms. The molecule has 40 heavy (non-hydrogen) atoms. The van der Waals surface area contributed by atoms with E-state index in [9.17, 15) is 26.4 Å². The molecule has 6 nitrogen and oxygen atoms in total. The van der Waals surface area contributed by atoms with Crippen LogP contribution in [0.3, 0.4) is 0 Å². The van der Waals surface area contributed by atoms with Crippen LogP contribution in [0.2, 0.25) is 0 Å². The van der Waals surface area contributed by atoms with Crippen LogP contribution in [0.15, 0.2) is 90.1 Å². The van der Waals surface area contributed by atoms with Crippen molar-refractivity contribution >= 4 is 26.6 Å². The fourth-order valence-corrected chi connectivity index (χ4v) is 5.35. The van der Waals surface area contributed by atoms with Gasteiger partial charge in [-0.1, -0.05) is 18.2 Å². The number of pyridine rings is 1. The van der Waals surface area contributed by atoms with Crippen molar-refractivity contribution in [2.75, 3.05) is 12.8 Å². The topological polar surface area (TPSA) is 91.9 Å². The molecular weight excluding hydrogens is 539 g/mol. The van der Waals surface area contributed by atoms with E-state index in [2.05, 4.69) is 15.3 Å². The number of carbonyl (C=O) groups excluding carboxylic acids is 1. The van der Waals surface area contributed by atoms with Crippen molar-refractivity contribution in [3.8, 4) is 11.1 Å². The molecule has 0 aliphatic carbocycles. The number of H-pyrrole nitrogens is 1. The van der Waals surface area contributed by atoms with Crippen LogP contribution in [-0.4, -0.2) is 37.1 Å². The highest BCUT2D eigenvalue weighted by Gasteiger charge is 2.23. The third-order valence-electron chi connectivity index (χ3n) is 6.63. The van der Waals surface area contributed by atoms with Crippen LogP contribution in [-0.2, 0) is 21.1 Å². The number of aromatic nitrogens is 2. The smallest absolute Gasteiger partial charge is 0.224 e. The number of benzene rings is 3. The molecule has 0 bridgehead atoms. The maximum Gasteiger partial charge on any atom is 0.224 e. The summed E-state index contributed by atoms with van der Waals surface area (Å²) >= 11 is 0. The van der Waals surface area contributed by atoms with Crippen LogP contribution in [0.5, 0.6) is 0 Å². The zero-order chi connectivity index (χ0) is 28.4. The van der Waals surface area contributed by atoms with Gasteiger partial charge in [0, 0.05) is 53.6 Å². The molecule has 204 valence electrons. The SMILES string of the molecule is CS(=O)(=O)c1ccc(-c2cccnc2C(CNC(=O)Cc2c[nH]c3ccc(F)cc23)c2cc(F)cc(F)c2)cc1. The minimum Gasteiger partial charge on any atom is -0.361 e. The molecule has 0 aliphatic rings. The second kappa shape index (κ2) is 11.0. The predicted molar refractivity (Wildman–Crippen MR) is 146 cm³/mol. The molecule has 0 saturated carbocycles. The van der Waals surface area contributed by atoms with Crippen molar-refractivity contribution in [2.45, 2.75) is 17.2 Å². The highest BCUT2D eigenvalue weighted by molar-refractivity contribution is 7.90. The maximum absolute atomic E-state index is 14.3. The Hall–Kier alpha value is -4.44. The molecule has 3 aromatic carbocycles. The summed E-state index contributed by atoms with van der Waals surface area (Å²) in [7, 11) is -3.41. The van der Waals surface area contributed by atoms with E-state index in [-0.39, 0.29) is 29.3 Å². The normalized spacial score (nSPS) is 12.4. The molecule has 0 saturated heterocycles. The molecule has 1 unspecified atom stereocenters. The molecule has 2 aromatic heterocycles. The van der Waals surface area contributed by atoms with Crippen molar-refractivity contribution in [3.63, 3.8) is 0 Å². The first-order chi connectivity index (χ1) is 19.1. The molecule has 5 aromatic rings. The van der Waals surface area contributed by atoms with E-state index in [1.54, 1.807) is 36.5 Å². The zero-order valence-corrected chi connectivity index (χ0v) is 22.1. The van der Waals surface area contributed by atoms with Gasteiger partial charge >= 0.3 is 0 Å². The maximum atomic E-state index is 14.3. The van der Waals surface area contributed by atoms with Gasteiger partial charge < -0.3 is 10.3 Å². The largest absolute Gasteiger partial charge is 0.361 e. The lowest BCUT2D eigenvalue weighted by atomic mass is 9.89. The lowest BCUT2D eigenvalue weighted by Crippen LogP contribution is -2.30. The Kier molecular flexibility index (Phi) is 7.44. The van der Waals surface area contributed by atoms with E-state index >= 15 is 0 Å². The first-order valence-corrected chi connectivity index (χ1v) is 14.2. The van der Waals surface area contributed by atoms with Crippen LogP contribution in [0, 0.1) is 17.5 Å². The van der Waals surface area contributed by atoms with Gasteiger partial charge in [-0.05, 0) is 65.2 Å². The summed E-state index contributed by atoms with van der Waals surface area (Å²) in [6, 6.07) is 17.1. The number of halogens is 3. The third-order valence-corrected chi connectivity index (χ3v) is 7.76. The summed E-state index contributed by atoms with van der Waals surface area (Å²) in [5.74, 6) is -3.10. The van der Waals surface area contributed by atoms with E-state index < -0.39 is 33.2 Å². The van der Waals surface area contributed by atoms with E-state index in [1.165, 1.54) is 42.6 Å². The lowest BCUT2D eigenvalue weighted by Gasteiger charge is -2.21. The molecule has 0 radical (unpaired) electrons. The fourth-order valence-electron chi connectivity index (χ4n) is 4.72. The number of hydrogen-bond donors (Lipinski definition) is 2. The summed E-state index contributed by atoms with van der Waals surface area (Å²) in [4.78, 5) is 20.6. The predicted octanol–water partition coefficient (Wildman–Crippen LogP) is 5.54. The zero-order valence-electron chi connectivity index (χ0n) is 21.3. The molecule has 0 aliphatic heterocycles. The molecule has 2 N–H and O–H groups in total. The van der Waals surface area contributed by atoms with Gasteiger partial charge in [0.15, 0.2) is 9.84 Å². The van der Waals surface area contributed by atoms with Gasteiger partial charge in [0.05, 0.1) is 17.0 Å². The van der Waals surface area contributed by atoms with E-state index in [0.29, 0.717) is 33.3 Å². The molecule has 1 atom stereocenters. The summed E-state index contributed by atoms with van der Waals surface area (Å²) in [6.45, 7) is -0.0378. The summed E-state index contributed by atoms with van der Waals surface area (Å²) in [5.41, 5.74) is 3.25. The highest BCUT2D eigenvalue weighted by atomic mass is 32.2. The Morgan fingerprint density at radius 2 is 1.68 bits per heavy atom. The van der Waals surface area contributed by atoms with Crippen LogP contribution in [0.1, 0.15) is 22.7 Å². The van der Waals surface area contributed by atoms with Gasteiger partial charge in [0.1, 0.15) is 17.5 Å². The van der Waals surface area contributed by atoms with Gasteiger partial charge in [0.2, 0.25) is 5.91 Å². The average Bonchev–Trinajstić information content (AvgIpc) is 3.29. The average molecular weight is 564 g/mol. The van der Waals surface area contributed by atoms with Gasteiger partial charge in [-0.2, -0.15) is 0 Å². The number of rotatable bonds is 8. The Bertz CT molecular complexity index is 1800. The number of carbonyl (C=O) groups is 1. The second-order valence-corrected chi connectivity index (χ2v) is 11.5. The first-order valence-electron chi connectivity index (χ1n) is 12.3. The van der Waals surface area contributed by atoms with Gasteiger partial charge in [-0.25, -0.2) is 21.6 Å². The van der Waals surface area contributed by atoms with Crippen molar-refractivity contribution in [1.29, 1.82) is 0 Å². The fraction of sp³-hybridized carbons (Fsp3) is 0.133. The van der Waals surface area contributed by atoms with Gasteiger partial charge in [0.25, 0.3) is 0 Å². The van der Waals surface area contributed by atoms with Crippen molar-refractivity contribution in [2.24, 2.45) is 0 Å². The third kappa shape index (κ3) is 5.91.